The van der Waals surface area contributed by atoms with Gasteiger partial charge in [0.05, 0.1) is 18.8 Å². The summed E-state index contributed by atoms with van der Waals surface area (Å²) in [7, 11) is 1.31. The highest BCUT2D eigenvalue weighted by atomic mass is 19.4. The van der Waals surface area contributed by atoms with Gasteiger partial charge in [-0.2, -0.15) is 13.2 Å². The van der Waals surface area contributed by atoms with E-state index in [0.29, 0.717) is 11.1 Å². The summed E-state index contributed by atoms with van der Waals surface area (Å²) in [5.74, 6) is -2.43. The molecular weight excluding hydrogens is 335 g/mol. The first-order valence-corrected chi connectivity index (χ1v) is 7.54. The molecular formula is C17H16F3N3O2. The highest BCUT2D eigenvalue weighted by Crippen LogP contribution is 2.48. The number of primary amides is 1. The average Bonchev–Trinajstić information content (AvgIpc) is 2.97. The van der Waals surface area contributed by atoms with Crippen molar-refractivity contribution in [1.82, 2.24) is 10.3 Å². The van der Waals surface area contributed by atoms with E-state index in [0.717, 1.165) is 0 Å². The number of nitrogens with one attached hydrogen (secondary N) is 1. The van der Waals surface area contributed by atoms with Gasteiger partial charge in [0.25, 0.3) is 0 Å². The monoisotopic (exact) mass is 351 g/mol. The molecule has 2 atom stereocenters. The molecule has 0 aliphatic carbocycles. The number of carbonyl (C=O) groups excluding carboxylic acids is 1. The molecule has 1 aliphatic rings. The minimum absolute atomic E-state index is 0.0776. The summed E-state index contributed by atoms with van der Waals surface area (Å²) in [6, 6.07) is 6.41. The number of nitrogens with zero attached hydrogens (tertiary/aromatic N) is 1. The van der Waals surface area contributed by atoms with Crippen LogP contribution in [0.5, 0.6) is 5.75 Å². The zero-order valence-corrected chi connectivity index (χ0v) is 13.3. The number of alkyl halides is 3. The van der Waals surface area contributed by atoms with Crippen molar-refractivity contribution in [3.63, 3.8) is 0 Å². The lowest BCUT2D eigenvalue weighted by Gasteiger charge is -2.27. The van der Waals surface area contributed by atoms with Crippen LogP contribution in [0, 0.1) is 0 Å². The van der Waals surface area contributed by atoms with E-state index in [4.69, 9.17) is 10.5 Å². The van der Waals surface area contributed by atoms with Gasteiger partial charge < -0.3 is 15.8 Å². The number of aromatic nitrogens is 1. The van der Waals surface area contributed by atoms with Crippen molar-refractivity contribution in [3.05, 3.63) is 58.9 Å². The number of halogens is 3. The molecule has 0 saturated carbocycles. The molecule has 3 N–H and O–H groups in total. The van der Waals surface area contributed by atoms with Gasteiger partial charge in [-0.1, -0.05) is 6.07 Å². The number of hydrogen-bond acceptors (Lipinski definition) is 4. The van der Waals surface area contributed by atoms with Crippen LogP contribution in [0.2, 0.25) is 0 Å². The van der Waals surface area contributed by atoms with Gasteiger partial charge in [-0.3, -0.25) is 9.78 Å². The molecule has 2 heterocycles. The number of pyridine rings is 1. The lowest BCUT2D eigenvalue weighted by atomic mass is 9.88. The largest absolute Gasteiger partial charge is 0.495 e. The number of rotatable bonds is 4. The van der Waals surface area contributed by atoms with Gasteiger partial charge in [-0.15, -0.1) is 0 Å². The normalized spacial score (nSPS) is 17.8. The molecule has 8 heteroatoms. The third-order valence-corrected chi connectivity index (χ3v) is 4.28. The Hall–Kier alpha value is -2.61. The van der Waals surface area contributed by atoms with Crippen LogP contribution in [0.25, 0.3) is 0 Å². The van der Waals surface area contributed by atoms with Crippen LogP contribution in [-0.4, -0.2) is 24.2 Å². The molecule has 0 radical (unpaired) electrons. The Morgan fingerprint density at radius 2 is 2.16 bits per heavy atom. The molecule has 3 rings (SSSR count). The fourth-order valence-corrected chi connectivity index (χ4v) is 3.15. The number of fused-ring (bicyclic) bond motifs is 1. The van der Waals surface area contributed by atoms with Crippen LogP contribution in [0.3, 0.4) is 0 Å². The summed E-state index contributed by atoms with van der Waals surface area (Å²) in [6.07, 6.45) is -3.23. The van der Waals surface area contributed by atoms with Crippen LogP contribution in [-0.2, 0) is 6.54 Å². The molecule has 1 amide bonds. The summed E-state index contributed by atoms with van der Waals surface area (Å²) < 4.78 is 46.7. The molecule has 25 heavy (non-hydrogen) atoms. The van der Waals surface area contributed by atoms with Gasteiger partial charge in [0.1, 0.15) is 11.7 Å². The molecule has 132 valence electrons. The Balaban J connectivity index is 2.08. The van der Waals surface area contributed by atoms with Crippen molar-refractivity contribution in [2.45, 2.75) is 24.7 Å². The number of amides is 1. The van der Waals surface area contributed by atoms with Gasteiger partial charge in [-0.05, 0) is 35.4 Å². The second-order valence-corrected chi connectivity index (χ2v) is 5.75. The maximum Gasteiger partial charge on any atom is 0.399 e. The Morgan fingerprint density at radius 3 is 2.80 bits per heavy atom. The minimum atomic E-state index is -4.54. The summed E-state index contributed by atoms with van der Waals surface area (Å²) in [4.78, 5) is 15.2. The molecule has 0 spiro atoms. The Labute approximate surface area is 142 Å². The Kier molecular flexibility index (Phi) is 4.38. The van der Waals surface area contributed by atoms with Crippen LogP contribution in [0.15, 0.2) is 36.5 Å². The summed E-state index contributed by atoms with van der Waals surface area (Å²) >= 11 is 0. The van der Waals surface area contributed by atoms with Crippen LogP contribution in [0.1, 0.15) is 39.1 Å². The molecule has 1 aromatic carbocycles. The predicted octanol–water partition coefficient (Wildman–Crippen LogP) is 2.68. The standard InChI is InChI=1S/C17H16F3N3O2/c1-25-12-3-2-6-22-15(12)13(17(18,19)20)14-11-5-4-9(16(21)24)7-10(11)8-23-14/h2-7,13-14,23H,8H2,1H3,(H2,21,24)/t13-,14?/m1/s1. The molecule has 0 fully saturated rings. The van der Waals surface area contributed by atoms with Crippen LogP contribution >= 0.6 is 0 Å². The summed E-state index contributed by atoms with van der Waals surface area (Å²) in [5, 5.41) is 2.88. The zero-order chi connectivity index (χ0) is 18.2. The van der Waals surface area contributed by atoms with Gasteiger partial charge in [0, 0.05) is 18.3 Å². The van der Waals surface area contributed by atoms with E-state index in [2.05, 4.69) is 10.3 Å². The van der Waals surface area contributed by atoms with E-state index in [9.17, 15) is 18.0 Å². The number of carbonyl (C=O) groups is 1. The van der Waals surface area contributed by atoms with Crippen molar-refractivity contribution in [2.24, 2.45) is 5.73 Å². The first-order chi connectivity index (χ1) is 11.8. The fourth-order valence-electron chi connectivity index (χ4n) is 3.15. The number of methoxy groups -OCH3 is 1. The highest BCUT2D eigenvalue weighted by molar-refractivity contribution is 5.93. The number of ether oxygens (including phenoxy) is 1. The fraction of sp³-hybridized carbons (Fsp3) is 0.294. The van der Waals surface area contributed by atoms with E-state index in [1.807, 2.05) is 0 Å². The predicted molar refractivity (Wildman–Crippen MR) is 84.1 cm³/mol. The van der Waals surface area contributed by atoms with Crippen LogP contribution in [0.4, 0.5) is 13.2 Å². The van der Waals surface area contributed by atoms with Crippen molar-refractivity contribution >= 4 is 5.91 Å². The molecule has 0 saturated heterocycles. The molecule has 2 aromatic rings. The molecule has 1 aliphatic heterocycles. The third kappa shape index (κ3) is 3.17. The number of benzene rings is 1. The van der Waals surface area contributed by atoms with Crippen molar-refractivity contribution in [3.8, 4) is 5.75 Å². The first-order valence-electron chi connectivity index (χ1n) is 7.54. The second-order valence-electron chi connectivity index (χ2n) is 5.75. The molecule has 1 unspecified atom stereocenters. The maximum atomic E-state index is 13.9. The van der Waals surface area contributed by atoms with E-state index < -0.39 is 24.0 Å². The van der Waals surface area contributed by atoms with Crippen molar-refractivity contribution < 1.29 is 22.7 Å². The smallest absolute Gasteiger partial charge is 0.399 e. The van der Waals surface area contributed by atoms with E-state index in [-0.39, 0.29) is 23.6 Å². The van der Waals surface area contributed by atoms with Gasteiger partial charge in [0.15, 0.2) is 0 Å². The maximum absolute atomic E-state index is 13.9. The van der Waals surface area contributed by atoms with Crippen molar-refractivity contribution in [2.75, 3.05) is 7.11 Å². The number of nitrogens with two attached hydrogens (primary N) is 1. The highest BCUT2D eigenvalue weighted by Gasteiger charge is 2.50. The van der Waals surface area contributed by atoms with Crippen molar-refractivity contribution in [1.29, 1.82) is 0 Å². The number of hydrogen-bond donors (Lipinski definition) is 2. The third-order valence-electron chi connectivity index (χ3n) is 4.28. The summed E-state index contributed by atoms with van der Waals surface area (Å²) in [6.45, 7) is 0.211. The quantitative estimate of drug-likeness (QED) is 0.888. The SMILES string of the molecule is COc1cccnc1[C@@H](C1NCc2cc(C(N)=O)ccc21)C(F)(F)F. The lowest BCUT2D eigenvalue weighted by Crippen LogP contribution is -2.32. The average molecular weight is 351 g/mol. The van der Waals surface area contributed by atoms with Gasteiger partial charge >= 0.3 is 6.18 Å². The first kappa shape index (κ1) is 17.2. The van der Waals surface area contributed by atoms with Gasteiger partial charge in [-0.25, -0.2) is 0 Å². The lowest BCUT2D eigenvalue weighted by molar-refractivity contribution is -0.158. The van der Waals surface area contributed by atoms with Crippen LogP contribution < -0.4 is 15.8 Å². The zero-order valence-electron chi connectivity index (χ0n) is 13.3. The summed E-state index contributed by atoms with van der Waals surface area (Å²) in [5.41, 5.74) is 6.41. The molecule has 0 bridgehead atoms. The van der Waals surface area contributed by atoms with E-state index in [1.54, 1.807) is 0 Å². The molecule has 1 aromatic heterocycles. The van der Waals surface area contributed by atoms with Gasteiger partial charge in [0.2, 0.25) is 5.91 Å². The Bertz CT molecular complexity index is 808. The topological polar surface area (TPSA) is 77.2 Å². The second kappa shape index (κ2) is 6.36. The minimum Gasteiger partial charge on any atom is -0.495 e. The van der Waals surface area contributed by atoms with E-state index in [1.165, 1.54) is 43.6 Å². The Morgan fingerprint density at radius 1 is 1.40 bits per heavy atom. The molecule has 5 nitrogen and oxygen atoms in total. The van der Waals surface area contributed by atoms with E-state index >= 15 is 0 Å².